The molecule has 0 aliphatic heterocycles. The number of fused-ring (bicyclic) bond motifs is 1. The van der Waals surface area contributed by atoms with Crippen molar-refractivity contribution in [3.8, 4) is 0 Å². The fourth-order valence-electron chi connectivity index (χ4n) is 3.12. The van der Waals surface area contributed by atoms with E-state index < -0.39 is 0 Å². The van der Waals surface area contributed by atoms with Gasteiger partial charge in [-0.05, 0) is 82.5 Å². The first kappa shape index (κ1) is 24.4. The van der Waals surface area contributed by atoms with Crippen molar-refractivity contribution in [2.24, 2.45) is 0 Å². The molecule has 1 heterocycles. The Morgan fingerprint density at radius 2 is 1.39 bits per heavy atom. The predicted octanol–water partition coefficient (Wildman–Crippen LogP) is 3.48. The van der Waals surface area contributed by atoms with Gasteiger partial charge in [0.2, 0.25) is 0 Å². The number of rotatable bonds is 8. The van der Waals surface area contributed by atoms with Gasteiger partial charge in [0, 0.05) is 17.1 Å². The topological polar surface area (TPSA) is 56.4 Å². The maximum absolute atomic E-state index is 13.0. The number of carbonyl (C=O) groups excluding carboxylic acids is 2. The summed E-state index contributed by atoms with van der Waals surface area (Å²) in [5.74, 6) is -0.508. The molecular weight excluding hydrogens is 400 g/mol. The van der Waals surface area contributed by atoms with Crippen LogP contribution in [0.2, 0.25) is 0 Å². The average molecular weight is 430 g/mol. The maximum atomic E-state index is 13.0. The molecule has 166 valence electrons. The van der Waals surface area contributed by atoms with Crippen molar-refractivity contribution in [1.29, 1.82) is 0 Å². The molecule has 0 spiro atoms. The third-order valence-corrected chi connectivity index (χ3v) is 5.16. The normalized spacial score (nSPS) is 13.0. The van der Waals surface area contributed by atoms with E-state index in [-0.39, 0.29) is 23.7 Å². The second-order valence-corrected chi connectivity index (χ2v) is 7.87. The van der Waals surface area contributed by atoms with Crippen LogP contribution in [0.3, 0.4) is 0 Å². The van der Waals surface area contributed by atoms with Crippen molar-refractivity contribution in [1.82, 2.24) is 14.8 Å². The van der Waals surface area contributed by atoms with Gasteiger partial charge >= 0.3 is 0 Å². The molecule has 0 aliphatic carbocycles. The van der Waals surface area contributed by atoms with Crippen LogP contribution in [0.1, 0.15) is 11.1 Å². The molecular formula is C24H29F2N3O2. The zero-order valence-electron chi connectivity index (χ0n) is 18.3. The Balaban J connectivity index is 0.000000225. The number of halogens is 2. The summed E-state index contributed by atoms with van der Waals surface area (Å²) in [4.78, 5) is 28.4. The number of likely N-dealkylation sites (N-methyl/N-ethyl adjacent to an activating group) is 2. The molecule has 31 heavy (non-hydrogen) atoms. The number of aromatic amines is 1. The monoisotopic (exact) mass is 429 g/mol. The van der Waals surface area contributed by atoms with Gasteiger partial charge < -0.3 is 14.6 Å². The number of aromatic nitrogens is 1. The van der Waals surface area contributed by atoms with E-state index in [1.54, 1.807) is 18.2 Å². The number of hydrogen-bond donors (Lipinski definition) is 1. The standard InChI is InChI=1S/C13H15FN2O.C11H14FNO/c1-16(2)11(8-17)5-9-7-15-13-6-10(14)3-4-12(9)13;1-13(2)11(8-14)7-9-3-5-10(12)6-4-9/h3-4,6-8,11,15H,5H2,1-2H3;3-6,8,11H,7H2,1-2H3. The van der Waals surface area contributed by atoms with E-state index >= 15 is 0 Å². The van der Waals surface area contributed by atoms with Gasteiger partial charge in [-0.1, -0.05) is 12.1 Å². The van der Waals surface area contributed by atoms with E-state index in [0.717, 1.165) is 34.6 Å². The van der Waals surface area contributed by atoms with E-state index in [9.17, 15) is 18.4 Å². The number of benzene rings is 2. The largest absolute Gasteiger partial charge is 0.361 e. The Morgan fingerprint density at radius 3 is 1.94 bits per heavy atom. The van der Waals surface area contributed by atoms with Crippen LogP contribution in [0.4, 0.5) is 8.78 Å². The van der Waals surface area contributed by atoms with E-state index in [0.29, 0.717) is 12.8 Å². The Morgan fingerprint density at radius 1 is 0.839 bits per heavy atom. The maximum Gasteiger partial charge on any atom is 0.137 e. The lowest BCUT2D eigenvalue weighted by atomic mass is 10.1. The van der Waals surface area contributed by atoms with Crippen molar-refractivity contribution >= 4 is 23.5 Å². The summed E-state index contributed by atoms with van der Waals surface area (Å²) < 4.78 is 25.6. The molecule has 0 aliphatic rings. The molecule has 2 unspecified atom stereocenters. The summed E-state index contributed by atoms with van der Waals surface area (Å²) >= 11 is 0. The van der Waals surface area contributed by atoms with Crippen LogP contribution >= 0.6 is 0 Å². The zero-order valence-corrected chi connectivity index (χ0v) is 18.3. The van der Waals surface area contributed by atoms with Crippen molar-refractivity contribution < 1.29 is 18.4 Å². The van der Waals surface area contributed by atoms with Gasteiger partial charge in [0.15, 0.2) is 0 Å². The van der Waals surface area contributed by atoms with Crippen molar-refractivity contribution in [3.05, 3.63) is 71.4 Å². The Bertz CT molecular complexity index is 984. The highest BCUT2D eigenvalue weighted by atomic mass is 19.1. The van der Waals surface area contributed by atoms with Crippen molar-refractivity contribution in [2.45, 2.75) is 24.9 Å². The van der Waals surface area contributed by atoms with Gasteiger partial charge in [-0.25, -0.2) is 8.78 Å². The summed E-state index contributed by atoms with van der Waals surface area (Å²) in [5.41, 5.74) is 2.77. The number of H-pyrrole nitrogens is 1. The minimum atomic E-state index is -0.259. The first-order valence-corrected chi connectivity index (χ1v) is 9.98. The van der Waals surface area contributed by atoms with Gasteiger partial charge in [0.25, 0.3) is 0 Å². The SMILES string of the molecule is CN(C)C(C=O)Cc1c[nH]c2cc(F)ccc12.CN(C)C(C=O)Cc1ccc(F)cc1. The lowest BCUT2D eigenvalue weighted by molar-refractivity contribution is -0.112. The Kier molecular flexibility index (Phi) is 9.03. The molecule has 2 atom stereocenters. The summed E-state index contributed by atoms with van der Waals surface area (Å²) in [5, 5.41) is 0.972. The minimum Gasteiger partial charge on any atom is -0.361 e. The molecule has 0 saturated carbocycles. The lowest BCUT2D eigenvalue weighted by Crippen LogP contribution is -2.31. The quantitative estimate of drug-likeness (QED) is 0.557. The molecule has 1 N–H and O–H groups in total. The fourth-order valence-corrected chi connectivity index (χ4v) is 3.12. The summed E-state index contributed by atoms with van der Waals surface area (Å²) in [7, 11) is 7.44. The smallest absolute Gasteiger partial charge is 0.137 e. The number of hydrogen-bond acceptors (Lipinski definition) is 4. The molecule has 3 rings (SSSR count). The molecule has 1 aromatic heterocycles. The van der Waals surface area contributed by atoms with E-state index in [1.807, 2.05) is 44.2 Å². The second-order valence-electron chi connectivity index (χ2n) is 7.87. The van der Waals surface area contributed by atoms with Crippen LogP contribution in [-0.2, 0) is 22.4 Å². The molecule has 0 fully saturated rings. The van der Waals surface area contributed by atoms with Gasteiger partial charge in [-0.3, -0.25) is 9.80 Å². The fraction of sp³-hybridized carbons (Fsp3) is 0.333. The minimum absolute atomic E-state index is 0.138. The highest BCUT2D eigenvalue weighted by molar-refractivity contribution is 5.83. The van der Waals surface area contributed by atoms with Crippen LogP contribution in [-0.4, -0.2) is 67.6 Å². The lowest BCUT2D eigenvalue weighted by Gasteiger charge is -2.18. The Labute approximate surface area is 181 Å². The van der Waals surface area contributed by atoms with Crippen LogP contribution in [0, 0.1) is 11.6 Å². The number of nitrogens with one attached hydrogen (secondary N) is 1. The summed E-state index contributed by atoms with van der Waals surface area (Å²) in [6, 6.07) is 10.6. The number of nitrogens with zero attached hydrogens (tertiary/aromatic N) is 2. The predicted molar refractivity (Wildman–Crippen MR) is 119 cm³/mol. The van der Waals surface area contributed by atoms with Gasteiger partial charge in [-0.2, -0.15) is 0 Å². The molecule has 3 aromatic rings. The molecule has 0 radical (unpaired) electrons. The van der Waals surface area contributed by atoms with Crippen LogP contribution in [0.25, 0.3) is 10.9 Å². The van der Waals surface area contributed by atoms with Crippen molar-refractivity contribution in [2.75, 3.05) is 28.2 Å². The summed E-state index contributed by atoms with van der Waals surface area (Å²) in [6.45, 7) is 0. The molecule has 0 saturated heterocycles. The van der Waals surface area contributed by atoms with Gasteiger partial charge in [0.1, 0.15) is 24.2 Å². The first-order valence-electron chi connectivity index (χ1n) is 9.98. The van der Waals surface area contributed by atoms with Crippen LogP contribution in [0.15, 0.2) is 48.7 Å². The summed E-state index contributed by atoms with van der Waals surface area (Å²) in [6.07, 6.45) is 4.93. The average Bonchev–Trinajstić information content (AvgIpc) is 3.13. The number of carbonyl (C=O) groups is 2. The molecule has 0 amide bonds. The third-order valence-electron chi connectivity index (χ3n) is 5.16. The highest BCUT2D eigenvalue weighted by Gasteiger charge is 2.14. The first-order chi connectivity index (χ1) is 14.7. The molecule has 5 nitrogen and oxygen atoms in total. The van der Waals surface area contributed by atoms with Crippen LogP contribution < -0.4 is 0 Å². The van der Waals surface area contributed by atoms with E-state index in [1.165, 1.54) is 24.3 Å². The highest BCUT2D eigenvalue weighted by Crippen LogP contribution is 2.20. The van der Waals surface area contributed by atoms with E-state index in [4.69, 9.17) is 0 Å². The van der Waals surface area contributed by atoms with Gasteiger partial charge in [-0.15, -0.1) is 0 Å². The molecule has 0 bridgehead atoms. The van der Waals surface area contributed by atoms with Crippen molar-refractivity contribution in [3.63, 3.8) is 0 Å². The van der Waals surface area contributed by atoms with E-state index in [2.05, 4.69) is 4.98 Å². The van der Waals surface area contributed by atoms with Crippen LogP contribution in [0.5, 0.6) is 0 Å². The third kappa shape index (κ3) is 7.08. The molecule has 7 heteroatoms. The number of aldehydes is 2. The second kappa shape index (κ2) is 11.5. The Hall–Kier alpha value is -2.90. The molecule has 2 aromatic carbocycles. The zero-order chi connectivity index (χ0) is 23.0. The van der Waals surface area contributed by atoms with Gasteiger partial charge in [0.05, 0.1) is 12.1 Å².